The fourth-order valence-corrected chi connectivity index (χ4v) is 2.02. The van der Waals surface area contributed by atoms with Crippen LogP contribution in [0.1, 0.15) is 36.1 Å². The summed E-state index contributed by atoms with van der Waals surface area (Å²) in [5, 5.41) is 9.20. The van der Waals surface area contributed by atoms with E-state index < -0.39 is 11.5 Å². The van der Waals surface area contributed by atoms with E-state index in [1.165, 1.54) is 22.3 Å². The van der Waals surface area contributed by atoms with Gasteiger partial charge < -0.3 is 5.11 Å². The molecule has 0 fully saturated rings. The summed E-state index contributed by atoms with van der Waals surface area (Å²) in [5.74, 6) is -0.785. The Labute approximate surface area is 116 Å². The average molecular weight is 263 g/mol. The van der Waals surface area contributed by atoms with Crippen LogP contribution in [0.4, 0.5) is 0 Å². The zero-order valence-corrected chi connectivity index (χ0v) is 12.9. The molecule has 0 bridgehead atoms. The highest BCUT2D eigenvalue weighted by atomic mass is 16.4. The lowest BCUT2D eigenvalue weighted by atomic mass is 9.97. The highest BCUT2D eigenvalue weighted by Crippen LogP contribution is 2.18. The number of likely N-dealkylation sites (N-methyl/N-ethyl adjacent to an activating group) is 1. The first kappa shape index (κ1) is 15.7. The van der Waals surface area contributed by atoms with E-state index in [1.807, 2.05) is 11.9 Å². The van der Waals surface area contributed by atoms with Crippen LogP contribution in [0, 0.1) is 20.8 Å². The van der Waals surface area contributed by atoms with Gasteiger partial charge in [0.1, 0.15) is 5.54 Å². The lowest BCUT2D eigenvalue weighted by molar-refractivity contribution is -0.148. The van der Waals surface area contributed by atoms with E-state index in [2.05, 4.69) is 32.9 Å². The number of benzene rings is 1. The van der Waals surface area contributed by atoms with Gasteiger partial charge in [-0.2, -0.15) is 0 Å². The molecule has 19 heavy (non-hydrogen) atoms. The lowest BCUT2D eigenvalue weighted by Crippen LogP contribution is -2.48. The van der Waals surface area contributed by atoms with Crippen LogP contribution in [0.25, 0.3) is 0 Å². The SMILES string of the molecule is Cc1cc(C)c(CCN(C)C(C)(C)C(=O)O)cc1C. The van der Waals surface area contributed by atoms with Gasteiger partial charge in [-0.3, -0.25) is 9.69 Å². The fourth-order valence-electron chi connectivity index (χ4n) is 2.02. The van der Waals surface area contributed by atoms with Crippen LogP contribution < -0.4 is 0 Å². The van der Waals surface area contributed by atoms with Crippen LogP contribution in [-0.4, -0.2) is 35.1 Å². The Kier molecular flexibility index (Phi) is 4.75. The molecule has 0 radical (unpaired) electrons. The minimum absolute atomic E-state index is 0.739. The molecular formula is C16H25NO2. The topological polar surface area (TPSA) is 40.5 Å². The Morgan fingerprint density at radius 2 is 1.68 bits per heavy atom. The maximum absolute atomic E-state index is 11.2. The van der Waals surface area contributed by atoms with E-state index in [9.17, 15) is 9.90 Å². The molecule has 1 rings (SSSR count). The van der Waals surface area contributed by atoms with Crippen molar-refractivity contribution in [2.75, 3.05) is 13.6 Å². The highest BCUT2D eigenvalue weighted by molar-refractivity contribution is 5.77. The predicted octanol–water partition coefficient (Wildman–Crippen LogP) is 2.95. The van der Waals surface area contributed by atoms with E-state index in [-0.39, 0.29) is 0 Å². The van der Waals surface area contributed by atoms with Gasteiger partial charge in [0, 0.05) is 6.54 Å². The Bertz CT molecular complexity index is 478. The Hall–Kier alpha value is -1.35. The molecule has 1 aromatic rings. The van der Waals surface area contributed by atoms with Crippen LogP contribution in [0.15, 0.2) is 12.1 Å². The number of carboxylic acids is 1. The largest absolute Gasteiger partial charge is 0.480 e. The smallest absolute Gasteiger partial charge is 0.323 e. The van der Waals surface area contributed by atoms with Gasteiger partial charge in [0.15, 0.2) is 0 Å². The highest BCUT2D eigenvalue weighted by Gasteiger charge is 2.31. The van der Waals surface area contributed by atoms with Crippen molar-refractivity contribution in [3.8, 4) is 0 Å². The summed E-state index contributed by atoms with van der Waals surface area (Å²) in [6, 6.07) is 4.42. The molecule has 0 spiro atoms. The molecule has 0 aliphatic carbocycles. The van der Waals surface area contributed by atoms with Crippen LogP contribution in [0.3, 0.4) is 0 Å². The molecular weight excluding hydrogens is 238 g/mol. The normalized spacial score (nSPS) is 11.9. The minimum Gasteiger partial charge on any atom is -0.480 e. The molecule has 3 nitrogen and oxygen atoms in total. The zero-order valence-electron chi connectivity index (χ0n) is 12.9. The summed E-state index contributed by atoms with van der Waals surface area (Å²) in [7, 11) is 1.87. The van der Waals surface area contributed by atoms with E-state index in [0.717, 1.165) is 13.0 Å². The minimum atomic E-state index is -0.826. The Morgan fingerprint density at radius 1 is 1.16 bits per heavy atom. The second kappa shape index (κ2) is 5.74. The average Bonchev–Trinajstić information content (AvgIpc) is 2.31. The van der Waals surface area contributed by atoms with Gasteiger partial charge in [0.25, 0.3) is 0 Å². The number of hydrogen-bond acceptors (Lipinski definition) is 2. The Balaban J connectivity index is 2.78. The van der Waals surface area contributed by atoms with E-state index in [1.54, 1.807) is 13.8 Å². The molecule has 3 heteroatoms. The van der Waals surface area contributed by atoms with E-state index >= 15 is 0 Å². The summed E-state index contributed by atoms with van der Waals surface area (Å²) >= 11 is 0. The third-order valence-electron chi connectivity index (χ3n) is 4.15. The van der Waals surface area contributed by atoms with Crippen molar-refractivity contribution in [2.45, 2.75) is 46.6 Å². The van der Waals surface area contributed by atoms with Crippen molar-refractivity contribution in [1.29, 1.82) is 0 Å². The van der Waals surface area contributed by atoms with Crippen molar-refractivity contribution < 1.29 is 9.90 Å². The summed E-state index contributed by atoms with van der Waals surface area (Å²) in [4.78, 5) is 13.1. The predicted molar refractivity (Wildman–Crippen MR) is 78.7 cm³/mol. The molecule has 0 aliphatic rings. The molecule has 0 atom stereocenters. The molecule has 0 heterocycles. The van der Waals surface area contributed by atoms with Crippen LogP contribution in [0.2, 0.25) is 0 Å². The molecule has 0 aromatic heterocycles. The first-order chi connectivity index (χ1) is 8.66. The number of hydrogen-bond donors (Lipinski definition) is 1. The third-order valence-corrected chi connectivity index (χ3v) is 4.15. The van der Waals surface area contributed by atoms with Crippen LogP contribution >= 0.6 is 0 Å². The summed E-state index contributed by atoms with van der Waals surface area (Å²) in [6.45, 7) is 10.6. The van der Waals surface area contributed by atoms with E-state index in [4.69, 9.17) is 0 Å². The fraction of sp³-hybridized carbons (Fsp3) is 0.562. The van der Waals surface area contributed by atoms with Gasteiger partial charge in [-0.05, 0) is 70.3 Å². The first-order valence-corrected chi connectivity index (χ1v) is 6.67. The molecule has 1 N–H and O–H groups in total. The number of nitrogens with zero attached hydrogens (tertiary/aromatic N) is 1. The maximum Gasteiger partial charge on any atom is 0.323 e. The lowest BCUT2D eigenvalue weighted by Gasteiger charge is -2.31. The number of aryl methyl sites for hydroxylation is 3. The zero-order chi connectivity index (χ0) is 14.8. The van der Waals surface area contributed by atoms with Crippen molar-refractivity contribution in [3.63, 3.8) is 0 Å². The second-order valence-electron chi connectivity index (χ2n) is 5.90. The van der Waals surface area contributed by atoms with E-state index in [0.29, 0.717) is 0 Å². The summed E-state index contributed by atoms with van der Waals surface area (Å²) in [6.07, 6.45) is 0.875. The van der Waals surface area contributed by atoms with Gasteiger partial charge >= 0.3 is 5.97 Å². The maximum atomic E-state index is 11.2. The van der Waals surface area contributed by atoms with Gasteiger partial charge in [-0.25, -0.2) is 0 Å². The first-order valence-electron chi connectivity index (χ1n) is 6.67. The van der Waals surface area contributed by atoms with Crippen molar-refractivity contribution >= 4 is 5.97 Å². The monoisotopic (exact) mass is 263 g/mol. The summed E-state index contributed by atoms with van der Waals surface area (Å²) < 4.78 is 0. The molecule has 0 unspecified atom stereocenters. The number of aliphatic carboxylic acids is 1. The molecule has 0 saturated carbocycles. The Morgan fingerprint density at radius 3 is 2.21 bits per heavy atom. The number of carboxylic acid groups (broad SMARTS) is 1. The molecule has 1 aromatic carbocycles. The second-order valence-corrected chi connectivity index (χ2v) is 5.90. The molecule has 0 aliphatic heterocycles. The van der Waals surface area contributed by atoms with Crippen molar-refractivity contribution in [2.24, 2.45) is 0 Å². The van der Waals surface area contributed by atoms with Crippen molar-refractivity contribution in [3.05, 3.63) is 34.4 Å². The quantitative estimate of drug-likeness (QED) is 0.888. The van der Waals surface area contributed by atoms with Gasteiger partial charge in [-0.1, -0.05) is 12.1 Å². The molecule has 106 valence electrons. The third kappa shape index (κ3) is 3.57. The number of rotatable bonds is 5. The van der Waals surface area contributed by atoms with Crippen LogP contribution in [-0.2, 0) is 11.2 Å². The molecule has 0 saturated heterocycles. The van der Waals surface area contributed by atoms with Gasteiger partial charge in [0.05, 0.1) is 0 Å². The van der Waals surface area contributed by atoms with Gasteiger partial charge in [-0.15, -0.1) is 0 Å². The molecule has 0 amide bonds. The summed E-state index contributed by atoms with van der Waals surface area (Å²) in [5.41, 5.74) is 4.36. The van der Waals surface area contributed by atoms with Crippen LogP contribution in [0.5, 0.6) is 0 Å². The standard InChI is InChI=1S/C16H25NO2/c1-11-9-13(3)14(10-12(11)2)7-8-17(6)16(4,5)15(18)19/h9-10H,7-8H2,1-6H3,(H,18,19). The number of carbonyl (C=O) groups is 1. The van der Waals surface area contributed by atoms with Crippen molar-refractivity contribution in [1.82, 2.24) is 4.90 Å². The van der Waals surface area contributed by atoms with Gasteiger partial charge in [0.2, 0.25) is 0 Å².